The normalized spacial score (nSPS) is 14.5. The Hall–Kier alpha value is -3.78. The van der Waals surface area contributed by atoms with E-state index in [2.05, 4.69) is 44.8 Å². The number of hydrogen-bond donors (Lipinski definition) is 3. The number of amides is 1. The van der Waals surface area contributed by atoms with Crippen molar-refractivity contribution in [3.8, 4) is 11.3 Å². The first-order valence-corrected chi connectivity index (χ1v) is 11.3. The van der Waals surface area contributed by atoms with Crippen LogP contribution in [0.5, 0.6) is 0 Å². The number of benzene rings is 1. The molecule has 0 atom stereocenters. The van der Waals surface area contributed by atoms with Crippen LogP contribution in [0.15, 0.2) is 55.0 Å². The molecule has 5 rings (SSSR count). The van der Waals surface area contributed by atoms with Gasteiger partial charge in [0.1, 0.15) is 11.6 Å². The van der Waals surface area contributed by atoms with Crippen LogP contribution in [-0.4, -0.2) is 38.7 Å². The summed E-state index contributed by atoms with van der Waals surface area (Å²) in [6, 6.07) is 12.3. The zero-order valence-electron chi connectivity index (χ0n) is 18.6. The van der Waals surface area contributed by atoms with Crippen LogP contribution in [0, 0.1) is 0 Å². The molecular weight excluding hydrogens is 414 g/mol. The minimum atomic E-state index is -0.236. The maximum absolute atomic E-state index is 12.8. The minimum Gasteiger partial charge on any atom is -0.383 e. The summed E-state index contributed by atoms with van der Waals surface area (Å²) in [4.78, 5) is 21.8. The Labute approximate surface area is 192 Å². The second-order valence-corrected chi connectivity index (χ2v) is 8.34. The van der Waals surface area contributed by atoms with Gasteiger partial charge in [0.25, 0.3) is 5.91 Å². The van der Waals surface area contributed by atoms with E-state index in [0.717, 1.165) is 54.4 Å². The fraction of sp³-hybridized carbons (Fsp3) is 0.280. The van der Waals surface area contributed by atoms with Crippen LogP contribution < -0.4 is 16.4 Å². The van der Waals surface area contributed by atoms with Crippen LogP contribution in [0.2, 0.25) is 0 Å². The Bertz CT molecular complexity index is 1310. The smallest absolute Gasteiger partial charge is 0.260 e. The number of nitrogen functional groups attached to an aromatic ring is 1. The predicted octanol–water partition coefficient (Wildman–Crippen LogP) is 3.81. The lowest BCUT2D eigenvalue weighted by molar-refractivity contribution is 0.102. The second-order valence-electron chi connectivity index (χ2n) is 8.34. The monoisotopic (exact) mass is 441 g/mol. The number of nitrogens with two attached hydrogens (primary N) is 1. The number of hydrogen-bond acceptors (Lipinski definition) is 6. The van der Waals surface area contributed by atoms with Gasteiger partial charge in [-0.3, -0.25) is 9.48 Å². The molecule has 0 spiro atoms. The molecule has 0 bridgehead atoms. The van der Waals surface area contributed by atoms with Gasteiger partial charge in [0.15, 0.2) is 0 Å². The molecule has 4 aromatic rings. The Kier molecular flexibility index (Phi) is 5.75. The van der Waals surface area contributed by atoms with Crippen molar-refractivity contribution in [3.05, 3.63) is 66.1 Å². The molecule has 33 heavy (non-hydrogen) atoms. The first-order valence-electron chi connectivity index (χ1n) is 11.3. The molecule has 1 aliphatic heterocycles. The number of aromatic nitrogens is 4. The molecule has 0 radical (unpaired) electrons. The lowest BCUT2D eigenvalue weighted by Gasteiger charge is -2.22. The van der Waals surface area contributed by atoms with Crippen LogP contribution in [0.4, 0.5) is 11.6 Å². The second kappa shape index (κ2) is 8.99. The molecule has 8 heteroatoms. The van der Waals surface area contributed by atoms with E-state index >= 15 is 0 Å². The Morgan fingerprint density at radius 2 is 2.03 bits per heavy atom. The summed E-state index contributed by atoms with van der Waals surface area (Å²) in [5.74, 6) is 0.644. The average molecular weight is 442 g/mol. The molecule has 0 unspecified atom stereocenters. The van der Waals surface area contributed by atoms with E-state index < -0.39 is 0 Å². The minimum absolute atomic E-state index is 0.236. The fourth-order valence-corrected chi connectivity index (χ4v) is 4.37. The van der Waals surface area contributed by atoms with Crippen LogP contribution >= 0.6 is 0 Å². The van der Waals surface area contributed by atoms with Crippen molar-refractivity contribution in [1.82, 2.24) is 25.1 Å². The van der Waals surface area contributed by atoms with Gasteiger partial charge in [-0.15, -0.1) is 0 Å². The number of anilines is 2. The first-order chi connectivity index (χ1) is 16.1. The van der Waals surface area contributed by atoms with Gasteiger partial charge in [-0.25, -0.2) is 9.97 Å². The summed E-state index contributed by atoms with van der Waals surface area (Å²) in [5, 5.41) is 12.3. The number of pyridine rings is 2. The van der Waals surface area contributed by atoms with Gasteiger partial charge < -0.3 is 16.4 Å². The maximum Gasteiger partial charge on any atom is 0.260 e. The van der Waals surface area contributed by atoms with Gasteiger partial charge in [-0.05, 0) is 55.4 Å². The SMILES string of the molecule is CCc1ccccc1-c1cc2cc(NC(=O)c3cnn(C4CCNCC4)c3)ncc2c(N)n1. The van der Waals surface area contributed by atoms with Crippen molar-refractivity contribution in [1.29, 1.82) is 0 Å². The van der Waals surface area contributed by atoms with E-state index in [-0.39, 0.29) is 5.91 Å². The van der Waals surface area contributed by atoms with Crippen molar-refractivity contribution in [2.45, 2.75) is 32.2 Å². The zero-order valence-corrected chi connectivity index (χ0v) is 18.6. The summed E-state index contributed by atoms with van der Waals surface area (Å²) in [5.41, 5.74) is 9.84. The first kappa shape index (κ1) is 21.1. The van der Waals surface area contributed by atoms with Gasteiger partial charge >= 0.3 is 0 Å². The van der Waals surface area contributed by atoms with E-state index in [1.165, 1.54) is 5.56 Å². The number of piperidine rings is 1. The zero-order chi connectivity index (χ0) is 22.8. The molecule has 3 aromatic heterocycles. The highest BCUT2D eigenvalue weighted by Gasteiger charge is 2.18. The number of carbonyl (C=O) groups is 1. The molecule has 1 saturated heterocycles. The van der Waals surface area contributed by atoms with Crippen LogP contribution in [0.1, 0.15) is 41.7 Å². The van der Waals surface area contributed by atoms with Gasteiger partial charge in [-0.2, -0.15) is 5.10 Å². The predicted molar refractivity (Wildman–Crippen MR) is 130 cm³/mol. The molecule has 8 nitrogen and oxygen atoms in total. The number of carbonyl (C=O) groups excluding carboxylic acids is 1. The summed E-state index contributed by atoms with van der Waals surface area (Å²) < 4.78 is 1.90. The Morgan fingerprint density at radius 1 is 1.21 bits per heavy atom. The van der Waals surface area contributed by atoms with E-state index in [9.17, 15) is 4.79 Å². The van der Waals surface area contributed by atoms with E-state index in [0.29, 0.717) is 23.2 Å². The molecule has 1 aromatic carbocycles. The number of nitrogens with zero attached hydrogens (tertiary/aromatic N) is 4. The number of rotatable bonds is 5. The molecular formula is C25H27N7O. The van der Waals surface area contributed by atoms with Crippen molar-refractivity contribution >= 4 is 28.3 Å². The lowest BCUT2D eigenvalue weighted by Crippen LogP contribution is -2.29. The largest absolute Gasteiger partial charge is 0.383 e. The molecule has 4 heterocycles. The standard InChI is InChI=1S/C25H27N7O/c1-2-16-5-3-4-6-20(16)22-11-17-12-23(28-14-21(17)24(26)30-22)31-25(33)18-13-29-32(15-18)19-7-9-27-10-8-19/h3-6,11-15,19,27H,2,7-10H2,1H3,(H2,26,30)(H,28,31,33). The van der Waals surface area contributed by atoms with Gasteiger partial charge in [0.05, 0.1) is 23.5 Å². The third-order valence-corrected chi connectivity index (χ3v) is 6.21. The highest BCUT2D eigenvalue weighted by Crippen LogP contribution is 2.29. The highest BCUT2D eigenvalue weighted by atomic mass is 16.1. The van der Waals surface area contributed by atoms with Crippen molar-refractivity contribution in [2.75, 3.05) is 24.1 Å². The van der Waals surface area contributed by atoms with Crippen molar-refractivity contribution in [3.63, 3.8) is 0 Å². The molecule has 1 amide bonds. The third kappa shape index (κ3) is 4.29. The average Bonchev–Trinajstić information content (AvgIpc) is 3.35. The Morgan fingerprint density at radius 3 is 2.85 bits per heavy atom. The number of nitrogens with one attached hydrogen (secondary N) is 2. The van der Waals surface area contributed by atoms with Gasteiger partial charge in [0.2, 0.25) is 0 Å². The van der Waals surface area contributed by atoms with Crippen molar-refractivity contribution < 1.29 is 4.79 Å². The van der Waals surface area contributed by atoms with Gasteiger partial charge in [0, 0.05) is 23.3 Å². The van der Waals surface area contributed by atoms with E-state index in [1.54, 1.807) is 12.4 Å². The van der Waals surface area contributed by atoms with Crippen LogP contribution in [0.3, 0.4) is 0 Å². The molecule has 168 valence electrons. The Balaban J connectivity index is 1.41. The maximum atomic E-state index is 12.8. The van der Waals surface area contributed by atoms with E-state index in [4.69, 9.17) is 5.73 Å². The van der Waals surface area contributed by atoms with E-state index in [1.807, 2.05) is 35.1 Å². The fourth-order valence-electron chi connectivity index (χ4n) is 4.37. The topological polar surface area (TPSA) is 111 Å². The van der Waals surface area contributed by atoms with Crippen molar-refractivity contribution in [2.24, 2.45) is 0 Å². The summed E-state index contributed by atoms with van der Waals surface area (Å²) >= 11 is 0. The quantitative estimate of drug-likeness (QED) is 0.434. The summed E-state index contributed by atoms with van der Waals surface area (Å²) in [7, 11) is 0. The number of fused-ring (bicyclic) bond motifs is 1. The molecule has 0 saturated carbocycles. The molecule has 0 aliphatic carbocycles. The van der Waals surface area contributed by atoms with Crippen LogP contribution in [-0.2, 0) is 6.42 Å². The van der Waals surface area contributed by atoms with Gasteiger partial charge in [-0.1, -0.05) is 31.2 Å². The molecule has 1 aliphatic rings. The molecule has 1 fully saturated rings. The third-order valence-electron chi connectivity index (χ3n) is 6.21. The summed E-state index contributed by atoms with van der Waals surface area (Å²) in [6.07, 6.45) is 8.00. The van der Waals surface area contributed by atoms with Crippen LogP contribution in [0.25, 0.3) is 22.0 Å². The molecule has 4 N–H and O–H groups in total. The lowest BCUT2D eigenvalue weighted by atomic mass is 10.0. The number of aryl methyl sites for hydroxylation is 1. The highest BCUT2D eigenvalue weighted by molar-refractivity contribution is 6.04. The summed E-state index contributed by atoms with van der Waals surface area (Å²) in [6.45, 7) is 4.06.